The van der Waals surface area contributed by atoms with Crippen LogP contribution in [0.15, 0.2) is 0 Å². The topological polar surface area (TPSA) is 77.8 Å². The number of aliphatic carboxylic acids is 1. The molecule has 5 heteroatoms. The standard InChI is InChI=1S/C12H25NO4/c1-5-6-7-12(17,8-11(15)16)10(9-14)13(2,3)4/h10,14,17H,5-9H2,1-4H3/p+1. The van der Waals surface area contributed by atoms with E-state index in [-0.39, 0.29) is 13.0 Å². The molecule has 0 aliphatic carbocycles. The normalized spacial score (nSPS) is 17.5. The minimum Gasteiger partial charge on any atom is -0.481 e. The molecule has 0 aliphatic heterocycles. The van der Waals surface area contributed by atoms with Gasteiger partial charge in [0.2, 0.25) is 0 Å². The molecule has 0 aromatic carbocycles. The number of aliphatic hydroxyl groups excluding tert-OH is 1. The first-order chi connectivity index (χ1) is 7.67. The number of likely N-dealkylation sites (N-methyl/N-ethyl adjacent to an activating group) is 1. The first kappa shape index (κ1) is 16.4. The van der Waals surface area contributed by atoms with Gasteiger partial charge in [-0.1, -0.05) is 19.8 Å². The van der Waals surface area contributed by atoms with E-state index in [0.29, 0.717) is 10.9 Å². The molecule has 0 aromatic heterocycles. The monoisotopic (exact) mass is 248 g/mol. The molecule has 0 fully saturated rings. The molecular weight excluding hydrogens is 222 g/mol. The van der Waals surface area contributed by atoms with Crippen LogP contribution in [0.3, 0.4) is 0 Å². The molecule has 0 amide bonds. The highest BCUT2D eigenvalue weighted by Crippen LogP contribution is 2.28. The number of carboxylic acid groups (broad SMARTS) is 1. The maximum Gasteiger partial charge on any atom is 0.306 e. The molecule has 0 spiro atoms. The summed E-state index contributed by atoms with van der Waals surface area (Å²) in [6.45, 7) is 1.76. The van der Waals surface area contributed by atoms with Crippen molar-refractivity contribution in [2.45, 2.75) is 44.2 Å². The third-order valence-electron chi connectivity index (χ3n) is 3.15. The number of aliphatic hydroxyl groups is 2. The molecule has 5 nitrogen and oxygen atoms in total. The largest absolute Gasteiger partial charge is 0.481 e. The van der Waals surface area contributed by atoms with Crippen LogP contribution in [0.1, 0.15) is 32.6 Å². The average Bonchev–Trinajstić information content (AvgIpc) is 2.12. The molecule has 102 valence electrons. The Morgan fingerprint density at radius 1 is 1.35 bits per heavy atom. The Balaban J connectivity index is 5.04. The van der Waals surface area contributed by atoms with Crippen LogP contribution in [0.5, 0.6) is 0 Å². The number of nitrogens with zero attached hydrogens (tertiary/aromatic N) is 1. The second-order valence-electron chi connectivity index (χ2n) is 5.59. The van der Waals surface area contributed by atoms with E-state index in [1.807, 2.05) is 28.1 Å². The summed E-state index contributed by atoms with van der Waals surface area (Å²) >= 11 is 0. The van der Waals surface area contributed by atoms with Crippen molar-refractivity contribution < 1.29 is 24.6 Å². The quantitative estimate of drug-likeness (QED) is 0.545. The van der Waals surface area contributed by atoms with Gasteiger partial charge in [0.1, 0.15) is 11.6 Å². The Labute approximate surface area is 103 Å². The Morgan fingerprint density at radius 2 is 1.88 bits per heavy atom. The molecule has 2 atom stereocenters. The molecule has 17 heavy (non-hydrogen) atoms. The van der Waals surface area contributed by atoms with Crippen molar-refractivity contribution in [2.24, 2.45) is 0 Å². The molecule has 0 saturated carbocycles. The molecule has 0 bridgehead atoms. The summed E-state index contributed by atoms with van der Waals surface area (Å²) in [5.74, 6) is -1.03. The van der Waals surface area contributed by atoms with Crippen molar-refractivity contribution >= 4 is 5.97 Å². The van der Waals surface area contributed by atoms with Crippen LogP contribution in [0.2, 0.25) is 0 Å². The first-order valence-electron chi connectivity index (χ1n) is 6.03. The molecule has 0 radical (unpaired) electrons. The molecular formula is C12H26NO4+. The van der Waals surface area contributed by atoms with Gasteiger partial charge < -0.3 is 19.8 Å². The maximum atomic E-state index is 10.9. The van der Waals surface area contributed by atoms with Gasteiger partial charge in [0.15, 0.2) is 0 Å². The van der Waals surface area contributed by atoms with E-state index >= 15 is 0 Å². The molecule has 0 aliphatic rings. The lowest BCUT2D eigenvalue weighted by Gasteiger charge is -2.43. The Hall–Kier alpha value is -0.650. The first-order valence-corrected chi connectivity index (χ1v) is 6.03. The van der Waals surface area contributed by atoms with Gasteiger partial charge in [-0.15, -0.1) is 0 Å². The average molecular weight is 248 g/mol. The zero-order valence-electron chi connectivity index (χ0n) is 11.3. The second kappa shape index (κ2) is 6.33. The van der Waals surface area contributed by atoms with Crippen molar-refractivity contribution in [3.8, 4) is 0 Å². The van der Waals surface area contributed by atoms with Gasteiger partial charge in [-0.2, -0.15) is 0 Å². The number of hydrogen-bond donors (Lipinski definition) is 3. The summed E-state index contributed by atoms with van der Waals surface area (Å²) in [6.07, 6.45) is 1.71. The third-order valence-corrected chi connectivity index (χ3v) is 3.15. The lowest BCUT2D eigenvalue weighted by atomic mass is 9.84. The van der Waals surface area contributed by atoms with Gasteiger partial charge in [0.25, 0.3) is 0 Å². The van der Waals surface area contributed by atoms with Gasteiger partial charge in [0.05, 0.1) is 34.2 Å². The molecule has 3 N–H and O–H groups in total. The molecule has 0 aromatic rings. The number of rotatable bonds is 8. The van der Waals surface area contributed by atoms with Gasteiger partial charge in [-0.05, 0) is 6.42 Å². The van der Waals surface area contributed by atoms with Gasteiger partial charge in [-0.3, -0.25) is 4.79 Å². The van der Waals surface area contributed by atoms with Crippen molar-refractivity contribution in [2.75, 3.05) is 27.7 Å². The SMILES string of the molecule is CCCCC(O)(CC(=O)O)C(CO)[N+](C)(C)C. The summed E-state index contributed by atoms with van der Waals surface area (Å²) in [5, 5.41) is 28.9. The fraction of sp³-hybridized carbons (Fsp3) is 0.917. The minimum absolute atomic E-state index is 0.225. The summed E-state index contributed by atoms with van der Waals surface area (Å²) in [7, 11) is 5.54. The number of carboxylic acids is 1. The zero-order chi connectivity index (χ0) is 13.7. The lowest BCUT2D eigenvalue weighted by molar-refractivity contribution is -0.904. The summed E-state index contributed by atoms with van der Waals surface area (Å²) in [6, 6.07) is -0.495. The Bertz CT molecular complexity index is 249. The van der Waals surface area contributed by atoms with E-state index in [1.54, 1.807) is 0 Å². The van der Waals surface area contributed by atoms with Crippen LogP contribution in [0, 0.1) is 0 Å². The lowest BCUT2D eigenvalue weighted by Crippen LogP contribution is -2.61. The van der Waals surface area contributed by atoms with Crippen LogP contribution in [-0.4, -0.2) is 65.2 Å². The third kappa shape index (κ3) is 5.02. The van der Waals surface area contributed by atoms with Crippen LogP contribution >= 0.6 is 0 Å². The van der Waals surface area contributed by atoms with E-state index < -0.39 is 17.6 Å². The summed E-state index contributed by atoms with van der Waals surface area (Å²) in [4.78, 5) is 10.9. The van der Waals surface area contributed by atoms with Crippen molar-refractivity contribution in [1.82, 2.24) is 0 Å². The highest BCUT2D eigenvalue weighted by Gasteiger charge is 2.45. The van der Waals surface area contributed by atoms with Gasteiger partial charge >= 0.3 is 5.97 Å². The fourth-order valence-corrected chi connectivity index (χ4v) is 2.25. The van der Waals surface area contributed by atoms with Crippen molar-refractivity contribution in [1.29, 1.82) is 0 Å². The maximum absolute atomic E-state index is 10.9. The van der Waals surface area contributed by atoms with E-state index in [9.17, 15) is 15.0 Å². The van der Waals surface area contributed by atoms with Crippen molar-refractivity contribution in [3.05, 3.63) is 0 Å². The minimum atomic E-state index is -1.35. The summed E-state index contributed by atoms with van der Waals surface area (Å²) < 4.78 is 0.337. The summed E-state index contributed by atoms with van der Waals surface area (Å²) in [5.41, 5.74) is -1.35. The highest BCUT2D eigenvalue weighted by molar-refractivity contribution is 5.68. The molecule has 0 heterocycles. The fourth-order valence-electron chi connectivity index (χ4n) is 2.25. The smallest absolute Gasteiger partial charge is 0.306 e. The van der Waals surface area contributed by atoms with Crippen LogP contribution in [0.4, 0.5) is 0 Å². The van der Waals surface area contributed by atoms with Crippen LogP contribution in [-0.2, 0) is 4.79 Å². The molecule has 0 rings (SSSR count). The number of unbranched alkanes of at least 4 members (excludes halogenated alkanes) is 1. The van der Waals surface area contributed by atoms with E-state index in [2.05, 4.69) is 0 Å². The number of hydrogen-bond acceptors (Lipinski definition) is 3. The van der Waals surface area contributed by atoms with Crippen LogP contribution < -0.4 is 0 Å². The van der Waals surface area contributed by atoms with E-state index in [4.69, 9.17) is 5.11 Å². The Morgan fingerprint density at radius 3 is 2.18 bits per heavy atom. The number of carbonyl (C=O) groups is 1. The van der Waals surface area contributed by atoms with Crippen LogP contribution in [0.25, 0.3) is 0 Å². The second-order valence-corrected chi connectivity index (χ2v) is 5.59. The molecule has 2 unspecified atom stereocenters. The predicted molar refractivity (Wildman–Crippen MR) is 65.6 cm³/mol. The number of quaternary nitrogens is 1. The Kier molecular flexibility index (Phi) is 6.09. The predicted octanol–water partition coefficient (Wildman–Crippen LogP) is 0.450. The molecule has 0 saturated heterocycles. The van der Waals surface area contributed by atoms with E-state index in [1.165, 1.54) is 0 Å². The zero-order valence-corrected chi connectivity index (χ0v) is 11.3. The highest BCUT2D eigenvalue weighted by atomic mass is 16.4. The van der Waals surface area contributed by atoms with Crippen molar-refractivity contribution in [3.63, 3.8) is 0 Å². The van der Waals surface area contributed by atoms with E-state index in [0.717, 1.165) is 12.8 Å². The van der Waals surface area contributed by atoms with Gasteiger partial charge in [-0.25, -0.2) is 0 Å². The van der Waals surface area contributed by atoms with Gasteiger partial charge in [0, 0.05) is 0 Å².